The first-order valence-electron chi connectivity index (χ1n) is 8.06. The molecule has 5 nitrogen and oxygen atoms in total. The van der Waals surface area contributed by atoms with Crippen LogP contribution in [0.25, 0.3) is 0 Å². The van der Waals surface area contributed by atoms with Gasteiger partial charge in [0, 0.05) is 16.7 Å². The summed E-state index contributed by atoms with van der Waals surface area (Å²) in [6.45, 7) is 0. The largest absolute Gasteiger partial charge is 0.497 e. The summed E-state index contributed by atoms with van der Waals surface area (Å²) in [5.41, 5.74) is 2.49. The molecule has 0 fully saturated rings. The fraction of sp³-hybridized carbons (Fsp3) is 0.0476. The number of fused-ring (bicyclic) bond motifs is 2. The normalized spacial score (nSPS) is 12.8. The first-order chi connectivity index (χ1) is 12.7. The van der Waals surface area contributed by atoms with Crippen molar-refractivity contribution >= 4 is 22.9 Å². The summed E-state index contributed by atoms with van der Waals surface area (Å²) in [7, 11) is 1.59. The maximum atomic E-state index is 12.9. The van der Waals surface area contributed by atoms with Gasteiger partial charge in [0.05, 0.1) is 24.0 Å². The van der Waals surface area contributed by atoms with E-state index in [0.717, 1.165) is 5.75 Å². The van der Waals surface area contributed by atoms with Crippen LogP contribution in [-0.2, 0) is 0 Å². The quantitative estimate of drug-likeness (QED) is 0.498. The average molecular weight is 342 g/mol. The molecule has 0 spiro atoms. The van der Waals surface area contributed by atoms with Gasteiger partial charge in [0.15, 0.2) is 11.6 Å². The summed E-state index contributed by atoms with van der Waals surface area (Å²) in [6.07, 6.45) is 0. The third-order valence-corrected chi connectivity index (χ3v) is 4.28. The minimum atomic E-state index is -0.209. The zero-order valence-electron chi connectivity index (χ0n) is 14.0. The van der Waals surface area contributed by atoms with Gasteiger partial charge in [-0.1, -0.05) is 36.4 Å². The van der Waals surface area contributed by atoms with Crippen molar-refractivity contribution in [3.05, 3.63) is 89.0 Å². The van der Waals surface area contributed by atoms with Crippen molar-refractivity contribution in [2.45, 2.75) is 0 Å². The molecule has 0 heterocycles. The molecule has 1 aliphatic rings. The molecule has 0 aromatic heterocycles. The molecule has 1 aliphatic carbocycles. The van der Waals surface area contributed by atoms with Gasteiger partial charge in [-0.25, -0.2) is 0 Å². The van der Waals surface area contributed by atoms with Crippen LogP contribution in [-0.4, -0.2) is 18.7 Å². The molecule has 0 atom stereocenters. The first-order valence-corrected chi connectivity index (χ1v) is 8.06. The standard InChI is InChI=1S/C21H14N2O3/c1-26-14-11-9-13(10-12-14)22-23-18-8-4-7-17-19(18)21(25)16-6-3-2-5-15(16)20(17)24/h2-12H,1H3. The average Bonchev–Trinajstić information content (AvgIpc) is 2.70. The summed E-state index contributed by atoms with van der Waals surface area (Å²) in [4.78, 5) is 25.6. The minimum absolute atomic E-state index is 0.170. The van der Waals surface area contributed by atoms with Crippen LogP contribution in [0.15, 0.2) is 77.0 Å². The molecule has 5 heteroatoms. The number of benzene rings is 3. The van der Waals surface area contributed by atoms with Crippen molar-refractivity contribution < 1.29 is 14.3 Å². The number of azo groups is 1. The molecular formula is C21H14N2O3. The fourth-order valence-electron chi connectivity index (χ4n) is 2.97. The molecule has 0 saturated heterocycles. The molecular weight excluding hydrogens is 328 g/mol. The molecule has 0 radical (unpaired) electrons. The van der Waals surface area contributed by atoms with Gasteiger partial charge in [-0.15, -0.1) is 5.11 Å². The van der Waals surface area contributed by atoms with E-state index in [1.54, 1.807) is 73.8 Å². The van der Waals surface area contributed by atoms with Gasteiger partial charge in [-0.2, -0.15) is 5.11 Å². The molecule has 126 valence electrons. The number of carbonyl (C=O) groups excluding carboxylic acids is 2. The lowest BCUT2D eigenvalue weighted by molar-refractivity contribution is 0.0979. The van der Waals surface area contributed by atoms with Crippen molar-refractivity contribution in [3.8, 4) is 5.75 Å². The van der Waals surface area contributed by atoms with E-state index in [4.69, 9.17) is 4.74 Å². The number of ether oxygens (including phenoxy) is 1. The Morgan fingerprint density at radius 1 is 0.692 bits per heavy atom. The topological polar surface area (TPSA) is 68.1 Å². The zero-order valence-corrected chi connectivity index (χ0v) is 14.0. The first kappa shape index (κ1) is 15.9. The van der Waals surface area contributed by atoms with Crippen molar-refractivity contribution in [2.75, 3.05) is 7.11 Å². The lowest BCUT2D eigenvalue weighted by atomic mass is 9.83. The highest BCUT2D eigenvalue weighted by molar-refractivity contribution is 6.29. The molecule has 4 rings (SSSR count). The zero-order chi connectivity index (χ0) is 18.1. The van der Waals surface area contributed by atoms with Gasteiger partial charge in [0.1, 0.15) is 5.75 Å². The molecule has 0 amide bonds. The Morgan fingerprint density at radius 3 is 2.04 bits per heavy atom. The summed E-state index contributed by atoms with van der Waals surface area (Å²) in [5, 5.41) is 8.40. The van der Waals surface area contributed by atoms with Crippen molar-refractivity contribution in [2.24, 2.45) is 10.2 Å². The van der Waals surface area contributed by atoms with Crippen LogP contribution in [0.3, 0.4) is 0 Å². The smallest absolute Gasteiger partial charge is 0.196 e. The molecule has 0 unspecified atom stereocenters. The number of methoxy groups -OCH3 is 1. The maximum absolute atomic E-state index is 12.9. The monoisotopic (exact) mass is 342 g/mol. The van der Waals surface area contributed by atoms with Crippen molar-refractivity contribution in [1.82, 2.24) is 0 Å². The molecule has 0 saturated carbocycles. The molecule has 3 aromatic rings. The number of nitrogens with zero attached hydrogens (tertiary/aromatic N) is 2. The summed E-state index contributed by atoms with van der Waals surface area (Å²) in [5.74, 6) is 0.342. The van der Waals surface area contributed by atoms with Gasteiger partial charge in [-0.05, 0) is 30.3 Å². The van der Waals surface area contributed by atoms with E-state index >= 15 is 0 Å². The van der Waals surface area contributed by atoms with Crippen LogP contribution < -0.4 is 4.74 Å². The van der Waals surface area contributed by atoms with E-state index in [2.05, 4.69) is 10.2 Å². The second-order valence-corrected chi connectivity index (χ2v) is 5.80. The van der Waals surface area contributed by atoms with Crippen LogP contribution in [0, 0.1) is 0 Å². The Hall–Kier alpha value is -3.60. The Kier molecular flexibility index (Phi) is 3.89. The van der Waals surface area contributed by atoms with Crippen LogP contribution in [0.5, 0.6) is 5.75 Å². The SMILES string of the molecule is COc1ccc(N=Nc2cccc3c2C(=O)c2ccccc2C3=O)cc1. The molecule has 0 bridgehead atoms. The predicted molar refractivity (Wildman–Crippen MR) is 96.9 cm³/mol. The third-order valence-electron chi connectivity index (χ3n) is 4.28. The lowest BCUT2D eigenvalue weighted by Gasteiger charge is -2.18. The summed E-state index contributed by atoms with van der Waals surface area (Å²) < 4.78 is 5.11. The fourth-order valence-corrected chi connectivity index (χ4v) is 2.97. The Bertz CT molecular complexity index is 1050. The van der Waals surface area contributed by atoms with Gasteiger partial charge in [-0.3, -0.25) is 9.59 Å². The predicted octanol–water partition coefficient (Wildman–Crippen LogP) is 4.89. The van der Waals surface area contributed by atoms with Crippen molar-refractivity contribution in [3.63, 3.8) is 0 Å². The Balaban J connectivity index is 1.76. The van der Waals surface area contributed by atoms with Gasteiger partial charge >= 0.3 is 0 Å². The second-order valence-electron chi connectivity index (χ2n) is 5.80. The minimum Gasteiger partial charge on any atom is -0.497 e. The van der Waals surface area contributed by atoms with Crippen LogP contribution in [0.1, 0.15) is 31.8 Å². The van der Waals surface area contributed by atoms with Crippen LogP contribution in [0.2, 0.25) is 0 Å². The maximum Gasteiger partial charge on any atom is 0.196 e. The van der Waals surface area contributed by atoms with Crippen molar-refractivity contribution in [1.29, 1.82) is 0 Å². The molecule has 3 aromatic carbocycles. The highest BCUT2D eigenvalue weighted by atomic mass is 16.5. The molecule has 0 N–H and O–H groups in total. The number of hydrogen-bond acceptors (Lipinski definition) is 5. The van der Waals surface area contributed by atoms with E-state index in [1.165, 1.54) is 0 Å². The van der Waals surface area contributed by atoms with Gasteiger partial charge in [0.2, 0.25) is 0 Å². The number of rotatable bonds is 3. The third kappa shape index (κ3) is 2.59. The highest BCUT2D eigenvalue weighted by Gasteiger charge is 2.31. The van der Waals surface area contributed by atoms with Crippen LogP contribution >= 0.6 is 0 Å². The van der Waals surface area contributed by atoms with Gasteiger partial charge < -0.3 is 4.74 Å². The number of carbonyl (C=O) groups is 2. The molecule has 26 heavy (non-hydrogen) atoms. The van der Waals surface area contributed by atoms with Gasteiger partial charge in [0.25, 0.3) is 0 Å². The van der Waals surface area contributed by atoms with Crippen LogP contribution in [0.4, 0.5) is 11.4 Å². The Morgan fingerprint density at radius 2 is 1.35 bits per heavy atom. The number of ketones is 2. The van der Waals surface area contributed by atoms with E-state index in [-0.39, 0.29) is 11.6 Å². The van der Waals surface area contributed by atoms with E-state index in [9.17, 15) is 9.59 Å². The second kappa shape index (κ2) is 6.37. The van der Waals surface area contributed by atoms with E-state index in [1.807, 2.05) is 0 Å². The summed E-state index contributed by atoms with van der Waals surface area (Å²) in [6, 6.07) is 19.0. The molecule has 0 aliphatic heterocycles. The van der Waals surface area contributed by atoms with E-state index in [0.29, 0.717) is 33.6 Å². The van der Waals surface area contributed by atoms with E-state index < -0.39 is 0 Å². The lowest BCUT2D eigenvalue weighted by Crippen LogP contribution is -2.20. The Labute approximate surface area is 150 Å². The highest BCUT2D eigenvalue weighted by Crippen LogP contribution is 2.34. The summed E-state index contributed by atoms with van der Waals surface area (Å²) >= 11 is 0. The number of hydrogen-bond donors (Lipinski definition) is 0.